The van der Waals surface area contributed by atoms with E-state index >= 15 is 0 Å². The Hall–Kier alpha value is -2.90. The fourth-order valence-electron chi connectivity index (χ4n) is 3.19. The van der Waals surface area contributed by atoms with E-state index in [0.29, 0.717) is 29.0 Å². The summed E-state index contributed by atoms with van der Waals surface area (Å²) in [5.41, 5.74) is 3.20. The predicted octanol–water partition coefficient (Wildman–Crippen LogP) is 4.88. The molecule has 2 aromatic heterocycles. The second-order valence-electron chi connectivity index (χ2n) is 6.98. The zero-order chi connectivity index (χ0) is 21.1. The summed E-state index contributed by atoms with van der Waals surface area (Å²) in [6.45, 7) is 5.02. The van der Waals surface area contributed by atoms with E-state index in [1.54, 1.807) is 40.0 Å². The third-order valence-electron chi connectivity index (χ3n) is 4.64. The molecule has 4 aromatic rings. The van der Waals surface area contributed by atoms with Crippen LogP contribution in [0.4, 0.5) is 5.13 Å². The van der Waals surface area contributed by atoms with Crippen molar-refractivity contribution in [3.8, 4) is 5.75 Å². The molecule has 2 aromatic carbocycles. The number of aryl methyl sites for hydroxylation is 2. The number of thiazole rings is 1. The Bertz CT molecular complexity index is 1160. The van der Waals surface area contributed by atoms with Gasteiger partial charge >= 0.3 is 0 Å². The lowest BCUT2D eigenvalue weighted by molar-refractivity contribution is -0.120. The maximum atomic E-state index is 13.1. The van der Waals surface area contributed by atoms with Gasteiger partial charge in [0.2, 0.25) is 0 Å². The molecule has 0 unspecified atom stereocenters. The molecule has 0 saturated heterocycles. The molecule has 0 bridgehead atoms. The molecule has 2 heterocycles. The van der Waals surface area contributed by atoms with Crippen LogP contribution in [-0.4, -0.2) is 33.8 Å². The first-order valence-corrected chi connectivity index (χ1v) is 10.7. The second-order valence-corrected chi connectivity index (χ2v) is 8.43. The minimum absolute atomic E-state index is 0.0886. The summed E-state index contributed by atoms with van der Waals surface area (Å²) in [4.78, 5) is 19.5. The number of aromatic nitrogens is 3. The van der Waals surface area contributed by atoms with Crippen LogP contribution >= 0.6 is 22.9 Å². The second kappa shape index (κ2) is 8.85. The third kappa shape index (κ3) is 4.63. The van der Waals surface area contributed by atoms with Crippen LogP contribution in [0, 0.1) is 13.8 Å². The number of rotatable bonds is 7. The summed E-state index contributed by atoms with van der Waals surface area (Å²) in [5.74, 6) is 0.432. The number of hydrogen-bond donors (Lipinski definition) is 0. The molecular formula is C22H21ClN4O2S. The molecule has 1 amide bonds. The highest BCUT2D eigenvalue weighted by Crippen LogP contribution is 2.32. The number of anilines is 1. The number of ether oxygens (including phenoxy) is 1. The Labute approximate surface area is 183 Å². The van der Waals surface area contributed by atoms with Gasteiger partial charge in [0.05, 0.1) is 16.8 Å². The number of nitrogens with zero attached hydrogens (tertiary/aromatic N) is 4. The van der Waals surface area contributed by atoms with Crippen molar-refractivity contribution in [3.63, 3.8) is 0 Å². The molecule has 0 atom stereocenters. The van der Waals surface area contributed by atoms with Gasteiger partial charge < -0.3 is 4.74 Å². The maximum absolute atomic E-state index is 13.1. The average Bonchev–Trinajstić information content (AvgIpc) is 3.38. The average molecular weight is 441 g/mol. The molecular weight excluding hydrogens is 420 g/mol. The van der Waals surface area contributed by atoms with Gasteiger partial charge in [0, 0.05) is 24.0 Å². The first-order valence-electron chi connectivity index (χ1n) is 9.53. The van der Waals surface area contributed by atoms with Crippen LogP contribution in [0.2, 0.25) is 5.02 Å². The highest BCUT2D eigenvalue weighted by atomic mass is 35.5. The normalized spacial score (nSPS) is 11.0. The smallest absolute Gasteiger partial charge is 0.266 e. The van der Waals surface area contributed by atoms with Gasteiger partial charge in [0.25, 0.3) is 5.91 Å². The molecule has 0 aliphatic heterocycles. The van der Waals surface area contributed by atoms with Crippen LogP contribution in [-0.2, 0) is 11.3 Å². The summed E-state index contributed by atoms with van der Waals surface area (Å²) in [6, 6.07) is 13.0. The van der Waals surface area contributed by atoms with Gasteiger partial charge in [-0.25, -0.2) is 4.98 Å². The molecule has 0 aliphatic carbocycles. The zero-order valence-electron chi connectivity index (χ0n) is 16.7. The topological polar surface area (TPSA) is 60.2 Å². The van der Waals surface area contributed by atoms with Crippen molar-refractivity contribution in [2.75, 3.05) is 18.1 Å². The van der Waals surface area contributed by atoms with Crippen molar-refractivity contribution < 1.29 is 9.53 Å². The van der Waals surface area contributed by atoms with E-state index < -0.39 is 0 Å². The summed E-state index contributed by atoms with van der Waals surface area (Å²) in [5, 5.41) is 5.51. The lowest BCUT2D eigenvalue weighted by Gasteiger charge is -2.20. The molecule has 8 heteroatoms. The molecule has 4 rings (SSSR count). The van der Waals surface area contributed by atoms with Gasteiger partial charge in [0.15, 0.2) is 11.7 Å². The lowest BCUT2D eigenvalue weighted by Crippen LogP contribution is -2.37. The van der Waals surface area contributed by atoms with E-state index in [2.05, 4.69) is 24.2 Å². The molecule has 6 nitrogen and oxygen atoms in total. The monoisotopic (exact) mass is 440 g/mol. The number of fused-ring (bicyclic) bond motifs is 1. The van der Waals surface area contributed by atoms with Crippen LogP contribution < -0.4 is 9.64 Å². The number of carbonyl (C=O) groups is 1. The standard InChI is InChI=1S/C22H21ClN4O2S/c1-15-12-16(2)21-19(13-15)30-22(25-21)27(11-10-26-9-3-8-24-26)20(28)14-29-18-6-4-17(23)5-7-18/h3-9,12-13H,10-11,14H2,1-2H3. The minimum atomic E-state index is -0.162. The molecule has 0 saturated carbocycles. The van der Waals surface area contributed by atoms with E-state index in [1.165, 1.54) is 16.9 Å². The molecule has 0 N–H and O–H groups in total. The fourth-order valence-corrected chi connectivity index (χ4v) is 4.50. The molecule has 0 fully saturated rings. The summed E-state index contributed by atoms with van der Waals surface area (Å²) in [7, 11) is 0. The third-order valence-corrected chi connectivity index (χ3v) is 5.92. The summed E-state index contributed by atoms with van der Waals surface area (Å²) in [6.07, 6.45) is 3.60. The van der Waals surface area contributed by atoms with Crippen molar-refractivity contribution in [2.45, 2.75) is 20.4 Å². The first kappa shape index (κ1) is 20.4. The number of hydrogen-bond acceptors (Lipinski definition) is 5. The van der Waals surface area contributed by atoms with Crippen molar-refractivity contribution in [1.82, 2.24) is 14.8 Å². The summed E-state index contributed by atoms with van der Waals surface area (Å²) >= 11 is 7.43. The Morgan fingerprint density at radius 2 is 2.03 bits per heavy atom. The molecule has 30 heavy (non-hydrogen) atoms. The Morgan fingerprint density at radius 3 is 2.77 bits per heavy atom. The van der Waals surface area contributed by atoms with Crippen molar-refractivity contribution in [1.29, 1.82) is 0 Å². The van der Waals surface area contributed by atoms with Crippen molar-refractivity contribution >= 4 is 44.2 Å². The number of amides is 1. The van der Waals surface area contributed by atoms with Crippen LogP contribution in [0.3, 0.4) is 0 Å². The van der Waals surface area contributed by atoms with Gasteiger partial charge in [-0.15, -0.1) is 0 Å². The molecule has 0 spiro atoms. The van der Waals surface area contributed by atoms with Gasteiger partial charge in [-0.05, 0) is 61.4 Å². The van der Waals surface area contributed by atoms with Gasteiger partial charge in [-0.3, -0.25) is 14.4 Å². The minimum Gasteiger partial charge on any atom is -0.484 e. The van der Waals surface area contributed by atoms with Crippen LogP contribution in [0.15, 0.2) is 54.9 Å². The Balaban J connectivity index is 1.57. The van der Waals surface area contributed by atoms with Gasteiger partial charge in [-0.1, -0.05) is 29.0 Å². The highest BCUT2D eigenvalue weighted by Gasteiger charge is 2.21. The molecule has 0 aliphatic rings. The first-order chi connectivity index (χ1) is 14.5. The summed E-state index contributed by atoms with van der Waals surface area (Å²) < 4.78 is 8.55. The molecule has 154 valence electrons. The quantitative estimate of drug-likeness (QED) is 0.411. The van der Waals surface area contributed by atoms with Gasteiger partial charge in [-0.2, -0.15) is 5.10 Å². The van der Waals surface area contributed by atoms with E-state index in [-0.39, 0.29) is 12.5 Å². The van der Waals surface area contributed by atoms with E-state index in [4.69, 9.17) is 21.3 Å². The fraction of sp³-hybridized carbons (Fsp3) is 0.227. The predicted molar refractivity (Wildman–Crippen MR) is 121 cm³/mol. The van der Waals surface area contributed by atoms with Crippen molar-refractivity contribution in [3.05, 3.63) is 71.0 Å². The Morgan fingerprint density at radius 1 is 1.23 bits per heavy atom. The highest BCUT2D eigenvalue weighted by molar-refractivity contribution is 7.22. The number of benzene rings is 2. The zero-order valence-corrected chi connectivity index (χ0v) is 18.3. The largest absolute Gasteiger partial charge is 0.484 e. The number of carbonyl (C=O) groups excluding carboxylic acids is 1. The van der Waals surface area contributed by atoms with E-state index in [0.717, 1.165) is 15.8 Å². The van der Waals surface area contributed by atoms with Crippen LogP contribution in [0.5, 0.6) is 5.75 Å². The van der Waals surface area contributed by atoms with E-state index in [9.17, 15) is 4.79 Å². The lowest BCUT2D eigenvalue weighted by atomic mass is 10.1. The van der Waals surface area contributed by atoms with Gasteiger partial charge in [0.1, 0.15) is 5.75 Å². The molecule has 0 radical (unpaired) electrons. The van der Waals surface area contributed by atoms with Crippen molar-refractivity contribution in [2.24, 2.45) is 0 Å². The van der Waals surface area contributed by atoms with Crippen LogP contribution in [0.25, 0.3) is 10.2 Å². The number of halogens is 1. The maximum Gasteiger partial charge on any atom is 0.266 e. The van der Waals surface area contributed by atoms with E-state index in [1.807, 2.05) is 19.2 Å². The Kier molecular flexibility index (Phi) is 6.01. The van der Waals surface area contributed by atoms with Crippen LogP contribution in [0.1, 0.15) is 11.1 Å². The SMILES string of the molecule is Cc1cc(C)c2nc(N(CCn3cccn3)C(=O)COc3ccc(Cl)cc3)sc2c1.